The molecule has 106 valence electrons. The number of rotatable bonds is 4. The molecule has 1 saturated carbocycles. The number of hydrogen-bond acceptors (Lipinski definition) is 3. The molecule has 1 aliphatic carbocycles. The van der Waals surface area contributed by atoms with Gasteiger partial charge < -0.3 is 10.2 Å². The molecule has 5 atom stereocenters. The normalized spacial score (nSPS) is 41.5. The molecule has 0 amide bonds. The molecule has 2 aliphatic rings. The van der Waals surface area contributed by atoms with Crippen molar-refractivity contribution in [2.24, 2.45) is 17.8 Å². The average Bonchev–Trinajstić information content (AvgIpc) is 2.85. The van der Waals surface area contributed by atoms with Crippen molar-refractivity contribution in [3.05, 3.63) is 0 Å². The third kappa shape index (κ3) is 3.43. The van der Waals surface area contributed by atoms with Crippen LogP contribution in [0.15, 0.2) is 0 Å². The van der Waals surface area contributed by atoms with Gasteiger partial charge in [-0.25, -0.2) is 0 Å². The molecule has 1 heterocycles. The molecule has 0 aromatic heterocycles. The highest BCUT2D eigenvalue weighted by Crippen LogP contribution is 2.35. The quantitative estimate of drug-likeness (QED) is 0.845. The predicted octanol–water partition coefficient (Wildman–Crippen LogP) is 2.69. The Labute approximate surface area is 117 Å². The van der Waals surface area contributed by atoms with Gasteiger partial charge in [0.25, 0.3) is 0 Å². The van der Waals surface area contributed by atoms with E-state index < -0.39 is 0 Å². The summed E-state index contributed by atoms with van der Waals surface area (Å²) in [7, 11) is 4.49. The molecule has 18 heavy (non-hydrogen) atoms. The van der Waals surface area contributed by atoms with Crippen LogP contribution >= 0.6 is 11.8 Å². The Bertz CT molecular complexity index is 253. The Morgan fingerprint density at radius 2 is 2.06 bits per heavy atom. The Morgan fingerprint density at radius 3 is 2.67 bits per heavy atom. The maximum Gasteiger partial charge on any atom is 0.0191 e. The van der Waals surface area contributed by atoms with Gasteiger partial charge in [-0.05, 0) is 56.9 Å². The minimum Gasteiger partial charge on any atom is -0.317 e. The summed E-state index contributed by atoms with van der Waals surface area (Å²) in [6, 6.07) is 1.55. The van der Waals surface area contributed by atoms with Crippen molar-refractivity contribution in [2.45, 2.75) is 45.2 Å². The minimum atomic E-state index is 0.722. The first-order chi connectivity index (χ1) is 8.61. The summed E-state index contributed by atoms with van der Waals surface area (Å²) < 4.78 is 0. The smallest absolute Gasteiger partial charge is 0.0191 e. The zero-order valence-electron chi connectivity index (χ0n) is 12.5. The number of nitrogens with one attached hydrogen (secondary N) is 1. The number of hydrogen-bond donors (Lipinski definition) is 1. The standard InChI is InChI=1S/C15H30N2S/c1-11-7-12(2)14(15(8-11)16-3)9-17(4)13-5-6-18-10-13/h11-16H,5-10H2,1-4H3. The van der Waals surface area contributed by atoms with Crippen LogP contribution in [-0.4, -0.2) is 49.1 Å². The lowest BCUT2D eigenvalue weighted by atomic mass is 9.72. The minimum absolute atomic E-state index is 0.722. The molecule has 3 heteroatoms. The summed E-state index contributed by atoms with van der Waals surface area (Å²) in [4.78, 5) is 2.64. The van der Waals surface area contributed by atoms with E-state index in [1.807, 2.05) is 0 Å². The van der Waals surface area contributed by atoms with E-state index in [2.05, 4.69) is 49.9 Å². The molecule has 2 nitrogen and oxygen atoms in total. The van der Waals surface area contributed by atoms with Crippen LogP contribution in [0.4, 0.5) is 0 Å². The van der Waals surface area contributed by atoms with Gasteiger partial charge >= 0.3 is 0 Å². The Hall–Kier alpha value is 0.270. The summed E-state index contributed by atoms with van der Waals surface area (Å²) in [5.74, 6) is 5.30. The third-order valence-corrected chi connectivity index (χ3v) is 6.22. The van der Waals surface area contributed by atoms with Gasteiger partial charge in [0.1, 0.15) is 0 Å². The van der Waals surface area contributed by atoms with Crippen molar-refractivity contribution in [3.8, 4) is 0 Å². The van der Waals surface area contributed by atoms with Crippen molar-refractivity contribution in [3.63, 3.8) is 0 Å². The highest BCUT2D eigenvalue weighted by atomic mass is 32.2. The number of nitrogens with zero attached hydrogens (tertiary/aromatic N) is 1. The van der Waals surface area contributed by atoms with Gasteiger partial charge in [-0.2, -0.15) is 11.8 Å². The van der Waals surface area contributed by atoms with Crippen LogP contribution in [0.1, 0.15) is 33.1 Å². The highest BCUT2D eigenvalue weighted by molar-refractivity contribution is 7.99. The van der Waals surface area contributed by atoms with Gasteiger partial charge in [0.15, 0.2) is 0 Å². The molecular weight excluding hydrogens is 240 g/mol. The van der Waals surface area contributed by atoms with Crippen LogP contribution in [-0.2, 0) is 0 Å². The van der Waals surface area contributed by atoms with Gasteiger partial charge in [-0.1, -0.05) is 13.8 Å². The lowest BCUT2D eigenvalue weighted by Crippen LogP contribution is -2.49. The first kappa shape index (κ1) is 14.7. The molecule has 1 aliphatic heterocycles. The largest absolute Gasteiger partial charge is 0.317 e. The van der Waals surface area contributed by atoms with Gasteiger partial charge in [0.2, 0.25) is 0 Å². The lowest BCUT2D eigenvalue weighted by Gasteiger charge is -2.42. The first-order valence-corrected chi connectivity index (χ1v) is 8.72. The third-order valence-electron chi connectivity index (χ3n) is 5.08. The van der Waals surface area contributed by atoms with E-state index in [0.29, 0.717) is 0 Å². The van der Waals surface area contributed by atoms with E-state index >= 15 is 0 Å². The average molecular weight is 270 g/mol. The second-order valence-electron chi connectivity index (χ2n) is 6.57. The predicted molar refractivity (Wildman–Crippen MR) is 82.3 cm³/mol. The molecule has 0 bridgehead atoms. The molecule has 1 saturated heterocycles. The molecule has 0 radical (unpaired) electrons. The maximum absolute atomic E-state index is 3.58. The lowest BCUT2D eigenvalue weighted by molar-refractivity contribution is 0.102. The molecular formula is C15H30N2S. The summed E-state index contributed by atoms with van der Waals surface area (Å²) in [5, 5.41) is 3.58. The van der Waals surface area contributed by atoms with Gasteiger partial charge in [0.05, 0.1) is 0 Å². The van der Waals surface area contributed by atoms with Crippen LogP contribution in [0.2, 0.25) is 0 Å². The Balaban J connectivity index is 1.92. The van der Waals surface area contributed by atoms with Crippen LogP contribution in [0.3, 0.4) is 0 Å². The molecule has 2 rings (SSSR count). The zero-order valence-corrected chi connectivity index (χ0v) is 13.3. The van der Waals surface area contributed by atoms with Crippen LogP contribution in [0.25, 0.3) is 0 Å². The van der Waals surface area contributed by atoms with Crippen LogP contribution < -0.4 is 5.32 Å². The van der Waals surface area contributed by atoms with E-state index in [9.17, 15) is 0 Å². The van der Waals surface area contributed by atoms with Crippen molar-refractivity contribution in [1.82, 2.24) is 10.2 Å². The van der Waals surface area contributed by atoms with Crippen LogP contribution in [0, 0.1) is 17.8 Å². The van der Waals surface area contributed by atoms with Crippen molar-refractivity contribution >= 4 is 11.8 Å². The van der Waals surface area contributed by atoms with Crippen molar-refractivity contribution in [1.29, 1.82) is 0 Å². The molecule has 0 aromatic rings. The fraction of sp³-hybridized carbons (Fsp3) is 1.00. The Kier molecular flexibility index (Phi) is 5.40. The van der Waals surface area contributed by atoms with E-state index in [0.717, 1.165) is 29.8 Å². The topological polar surface area (TPSA) is 15.3 Å². The van der Waals surface area contributed by atoms with Crippen molar-refractivity contribution < 1.29 is 0 Å². The summed E-state index contributed by atoms with van der Waals surface area (Å²) in [6.45, 7) is 6.15. The Morgan fingerprint density at radius 1 is 1.28 bits per heavy atom. The second kappa shape index (κ2) is 6.62. The van der Waals surface area contributed by atoms with E-state index in [-0.39, 0.29) is 0 Å². The summed E-state index contributed by atoms with van der Waals surface area (Å²) >= 11 is 2.12. The molecule has 5 unspecified atom stereocenters. The second-order valence-corrected chi connectivity index (χ2v) is 7.72. The fourth-order valence-electron chi connectivity index (χ4n) is 3.90. The van der Waals surface area contributed by atoms with Gasteiger partial charge in [-0.3, -0.25) is 0 Å². The van der Waals surface area contributed by atoms with Gasteiger partial charge in [0, 0.05) is 24.4 Å². The summed E-state index contributed by atoms with van der Waals surface area (Å²) in [6.07, 6.45) is 4.16. The molecule has 2 fully saturated rings. The van der Waals surface area contributed by atoms with Crippen molar-refractivity contribution in [2.75, 3.05) is 32.1 Å². The zero-order chi connectivity index (χ0) is 13.1. The van der Waals surface area contributed by atoms with Gasteiger partial charge in [-0.15, -0.1) is 0 Å². The summed E-state index contributed by atoms with van der Waals surface area (Å²) in [5.41, 5.74) is 0. The number of thioether (sulfide) groups is 1. The van der Waals surface area contributed by atoms with E-state index in [4.69, 9.17) is 0 Å². The van der Waals surface area contributed by atoms with E-state index in [1.165, 1.54) is 37.3 Å². The monoisotopic (exact) mass is 270 g/mol. The fourth-order valence-corrected chi connectivity index (χ4v) is 5.20. The maximum atomic E-state index is 3.58. The highest BCUT2D eigenvalue weighted by Gasteiger charge is 2.34. The molecule has 0 spiro atoms. The molecule has 1 N–H and O–H groups in total. The molecule has 0 aromatic carbocycles. The van der Waals surface area contributed by atoms with Crippen LogP contribution in [0.5, 0.6) is 0 Å². The SMILES string of the molecule is CNC1CC(C)CC(C)C1CN(C)C1CCSC1. The van der Waals surface area contributed by atoms with E-state index in [1.54, 1.807) is 0 Å². The first-order valence-electron chi connectivity index (χ1n) is 7.57.